The van der Waals surface area contributed by atoms with Crippen LogP contribution in [0.4, 0.5) is 8.78 Å². The molecule has 29 heavy (non-hydrogen) atoms. The number of carbonyl (C=O) groups excluding carboxylic acids is 1. The normalized spacial score (nSPS) is 11.1. The Morgan fingerprint density at radius 1 is 1.10 bits per heavy atom. The van der Waals surface area contributed by atoms with Crippen molar-refractivity contribution in [2.45, 2.75) is 13.0 Å². The highest BCUT2D eigenvalue weighted by Gasteiger charge is 2.23. The van der Waals surface area contributed by atoms with Crippen molar-refractivity contribution in [1.82, 2.24) is 9.55 Å². The van der Waals surface area contributed by atoms with Gasteiger partial charge in [0.2, 0.25) is 5.78 Å². The summed E-state index contributed by atoms with van der Waals surface area (Å²) in [7, 11) is 0. The second-order valence-electron chi connectivity index (χ2n) is 6.32. The van der Waals surface area contributed by atoms with Gasteiger partial charge in [0.25, 0.3) is 0 Å². The Balaban J connectivity index is 1.73. The summed E-state index contributed by atoms with van der Waals surface area (Å²) >= 11 is 6.22. The van der Waals surface area contributed by atoms with Crippen LogP contribution in [0.5, 0.6) is 0 Å². The van der Waals surface area contributed by atoms with Crippen molar-refractivity contribution in [2.24, 2.45) is 0 Å². The highest BCUT2D eigenvalue weighted by atomic mass is 35.5. The molecule has 0 N–H and O–H groups in total. The fourth-order valence-corrected chi connectivity index (χ4v) is 3.33. The van der Waals surface area contributed by atoms with Gasteiger partial charge >= 0.3 is 5.76 Å². The molecule has 0 aliphatic rings. The van der Waals surface area contributed by atoms with E-state index in [1.807, 2.05) is 12.1 Å². The molecule has 0 aliphatic carbocycles. The van der Waals surface area contributed by atoms with Crippen LogP contribution < -0.4 is 5.76 Å². The Bertz CT molecular complexity index is 1260. The highest BCUT2D eigenvalue weighted by Crippen LogP contribution is 2.27. The van der Waals surface area contributed by atoms with Crippen LogP contribution >= 0.6 is 11.6 Å². The molecule has 2 aromatic heterocycles. The van der Waals surface area contributed by atoms with E-state index in [1.165, 1.54) is 16.7 Å². The molecule has 146 valence electrons. The third kappa shape index (κ3) is 3.56. The summed E-state index contributed by atoms with van der Waals surface area (Å²) in [5.74, 6) is -3.56. The van der Waals surface area contributed by atoms with Gasteiger partial charge in [0.05, 0.1) is 16.1 Å². The molecule has 0 radical (unpaired) electrons. The molecule has 4 rings (SSSR count). The number of pyridine rings is 1. The minimum Gasteiger partial charge on any atom is -0.408 e. The van der Waals surface area contributed by atoms with Gasteiger partial charge in [-0.2, -0.15) is 0 Å². The zero-order chi connectivity index (χ0) is 20.5. The molecule has 0 atom stereocenters. The van der Waals surface area contributed by atoms with Crippen LogP contribution in [0.15, 0.2) is 63.9 Å². The van der Waals surface area contributed by atoms with Gasteiger partial charge < -0.3 is 4.42 Å². The van der Waals surface area contributed by atoms with Crippen molar-refractivity contribution in [1.29, 1.82) is 0 Å². The lowest BCUT2D eigenvalue weighted by Gasteiger charge is -2.07. The van der Waals surface area contributed by atoms with Crippen LogP contribution in [0.2, 0.25) is 5.02 Å². The lowest BCUT2D eigenvalue weighted by molar-refractivity contribution is 0.103. The van der Waals surface area contributed by atoms with E-state index in [9.17, 15) is 18.4 Å². The number of halogens is 3. The first-order valence-electron chi connectivity index (χ1n) is 8.67. The second kappa shape index (κ2) is 7.60. The number of carbonyl (C=O) groups is 1. The highest BCUT2D eigenvalue weighted by molar-refractivity contribution is 6.35. The molecule has 0 aliphatic heterocycles. The summed E-state index contributed by atoms with van der Waals surface area (Å²) in [4.78, 5) is 29.1. The van der Waals surface area contributed by atoms with E-state index in [0.717, 1.165) is 23.9 Å². The SMILES string of the molecule is O=C(c1cc2oc(=O)n(CCc3ccccn3)c2cc1Cl)c1c(F)cccc1F. The van der Waals surface area contributed by atoms with E-state index in [2.05, 4.69) is 4.98 Å². The number of aromatic nitrogens is 2. The Labute approximate surface area is 168 Å². The largest absolute Gasteiger partial charge is 0.419 e. The second-order valence-corrected chi connectivity index (χ2v) is 6.72. The number of oxazole rings is 1. The summed E-state index contributed by atoms with van der Waals surface area (Å²) in [6, 6.07) is 11.2. The van der Waals surface area contributed by atoms with Crippen molar-refractivity contribution in [3.8, 4) is 0 Å². The fraction of sp³-hybridized carbons (Fsp3) is 0.0952. The first-order chi connectivity index (χ1) is 14.0. The molecular formula is C21H13ClF2N2O3. The number of nitrogens with zero attached hydrogens (tertiary/aromatic N) is 2. The maximum atomic E-state index is 14.0. The molecule has 0 unspecified atom stereocenters. The average Bonchev–Trinajstić information content (AvgIpc) is 3.00. The van der Waals surface area contributed by atoms with Gasteiger partial charge in [-0.15, -0.1) is 0 Å². The predicted octanol–water partition coefficient (Wildman–Crippen LogP) is 4.39. The van der Waals surface area contributed by atoms with Crippen LogP contribution in [0.3, 0.4) is 0 Å². The summed E-state index contributed by atoms with van der Waals surface area (Å²) in [6.07, 6.45) is 2.14. The minimum absolute atomic E-state index is 0.0439. The Morgan fingerprint density at radius 2 is 1.86 bits per heavy atom. The minimum atomic E-state index is -0.999. The van der Waals surface area contributed by atoms with Crippen LogP contribution in [0, 0.1) is 11.6 Å². The number of hydrogen-bond acceptors (Lipinski definition) is 4. The number of aryl methyl sites for hydroxylation is 2. The monoisotopic (exact) mass is 414 g/mol. The van der Waals surface area contributed by atoms with E-state index in [-0.39, 0.29) is 22.7 Å². The zero-order valence-corrected chi connectivity index (χ0v) is 15.6. The molecule has 0 saturated heterocycles. The van der Waals surface area contributed by atoms with Gasteiger partial charge in [-0.3, -0.25) is 14.3 Å². The van der Waals surface area contributed by atoms with Gasteiger partial charge in [0.1, 0.15) is 11.6 Å². The summed E-state index contributed by atoms with van der Waals surface area (Å²) in [5, 5.41) is -0.0439. The predicted molar refractivity (Wildman–Crippen MR) is 103 cm³/mol. The summed E-state index contributed by atoms with van der Waals surface area (Å²) in [6.45, 7) is 0.286. The van der Waals surface area contributed by atoms with Gasteiger partial charge in [-0.25, -0.2) is 13.6 Å². The number of fused-ring (bicyclic) bond motifs is 1. The van der Waals surface area contributed by atoms with E-state index in [4.69, 9.17) is 16.0 Å². The number of ketones is 1. The third-order valence-electron chi connectivity index (χ3n) is 4.51. The first kappa shape index (κ1) is 19.0. The summed E-state index contributed by atoms with van der Waals surface area (Å²) in [5.41, 5.74) is 0.392. The lowest BCUT2D eigenvalue weighted by atomic mass is 10.0. The van der Waals surface area contributed by atoms with Crippen molar-refractivity contribution in [3.05, 3.63) is 98.8 Å². The Morgan fingerprint density at radius 3 is 2.55 bits per heavy atom. The van der Waals surface area contributed by atoms with Crippen LogP contribution in [-0.2, 0) is 13.0 Å². The van der Waals surface area contributed by atoms with Crippen molar-refractivity contribution >= 4 is 28.5 Å². The van der Waals surface area contributed by atoms with Crippen LogP contribution in [-0.4, -0.2) is 15.3 Å². The molecule has 4 aromatic rings. The lowest BCUT2D eigenvalue weighted by Crippen LogP contribution is -2.16. The smallest absolute Gasteiger partial charge is 0.408 e. The molecule has 8 heteroatoms. The van der Waals surface area contributed by atoms with Crippen molar-refractivity contribution in [2.75, 3.05) is 0 Å². The van der Waals surface area contributed by atoms with Gasteiger partial charge in [0, 0.05) is 30.4 Å². The van der Waals surface area contributed by atoms with E-state index < -0.39 is 28.7 Å². The maximum absolute atomic E-state index is 14.0. The van der Waals surface area contributed by atoms with Crippen molar-refractivity contribution < 1.29 is 18.0 Å². The third-order valence-corrected chi connectivity index (χ3v) is 4.82. The number of hydrogen-bond donors (Lipinski definition) is 0. The van der Waals surface area contributed by atoms with E-state index >= 15 is 0 Å². The molecule has 0 amide bonds. The van der Waals surface area contributed by atoms with Gasteiger partial charge in [-0.1, -0.05) is 23.7 Å². The molecule has 5 nitrogen and oxygen atoms in total. The number of rotatable bonds is 5. The molecule has 0 fully saturated rings. The van der Waals surface area contributed by atoms with Crippen LogP contribution in [0.1, 0.15) is 21.6 Å². The quantitative estimate of drug-likeness (QED) is 0.454. The van der Waals surface area contributed by atoms with Gasteiger partial charge in [0.15, 0.2) is 5.58 Å². The Hall–Kier alpha value is -3.32. The zero-order valence-electron chi connectivity index (χ0n) is 14.9. The van der Waals surface area contributed by atoms with E-state index in [0.29, 0.717) is 11.9 Å². The fourth-order valence-electron chi connectivity index (χ4n) is 3.09. The average molecular weight is 415 g/mol. The van der Waals surface area contributed by atoms with Crippen molar-refractivity contribution in [3.63, 3.8) is 0 Å². The maximum Gasteiger partial charge on any atom is 0.419 e. The molecule has 2 aromatic carbocycles. The topological polar surface area (TPSA) is 65.1 Å². The molecule has 2 heterocycles. The Kier molecular flexibility index (Phi) is 4.98. The van der Waals surface area contributed by atoms with Gasteiger partial charge in [-0.05, 0) is 36.4 Å². The number of benzene rings is 2. The molecular weight excluding hydrogens is 402 g/mol. The first-order valence-corrected chi connectivity index (χ1v) is 9.05. The molecule has 0 bridgehead atoms. The molecule has 0 spiro atoms. The van der Waals surface area contributed by atoms with E-state index in [1.54, 1.807) is 12.3 Å². The summed E-state index contributed by atoms with van der Waals surface area (Å²) < 4.78 is 34.5. The standard InChI is InChI=1S/C21H13ClF2N2O3/c22-14-11-17-18(10-13(14)20(27)19-15(23)5-3-6-16(19)24)29-21(28)26(17)9-7-12-4-1-2-8-25-12/h1-6,8,10-11H,7,9H2. The van der Waals surface area contributed by atoms with Crippen LogP contribution in [0.25, 0.3) is 11.1 Å². The molecule has 0 saturated carbocycles.